The second kappa shape index (κ2) is 6.25. The number of hydrogen-bond acceptors (Lipinski definition) is 7. The van der Waals surface area contributed by atoms with Crippen LogP contribution in [0.1, 0.15) is 6.92 Å². The van der Waals surface area contributed by atoms with E-state index in [0.29, 0.717) is 25.6 Å². The molecule has 2 unspecified atom stereocenters. The SMILES string of the molecule is CC1COCCN1C1=CN(c2cccnc2)C(C(N)=O)C(N)=N1. The van der Waals surface area contributed by atoms with Crippen LogP contribution in [0.4, 0.5) is 5.69 Å². The molecule has 3 heterocycles. The van der Waals surface area contributed by atoms with Gasteiger partial charge in [-0.3, -0.25) is 9.78 Å². The summed E-state index contributed by atoms with van der Waals surface area (Å²) in [6.45, 7) is 4.02. The highest BCUT2D eigenvalue weighted by Gasteiger charge is 2.33. The van der Waals surface area contributed by atoms with E-state index in [1.165, 1.54) is 0 Å². The molecule has 1 aromatic rings. The maximum absolute atomic E-state index is 11.8. The Labute approximate surface area is 134 Å². The Kier molecular flexibility index (Phi) is 4.16. The zero-order valence-corrected chi connectivity index (χ0v) is 12.9. The number of pyridine rings is 1. The maximum Gasteiger partial charge on any atom is 0.248 e. The number of nitrogens with two attached hydrogens (primary N) is 2. The molecule has 0 saturated carbocycles. The van der Waals surface area contributed by atoms with Gasteiger partial charge in [-0.2, -0.15) is 0 Å². The van der Waals surface area contributed by atoms with Crippen molar-refractivity contribution >= 4 is 17.4 Å². The zero-order chi connectivity index (χ0) is 16.4. The van der Waals surface area contributed by atoms with Gasteiger partial charge in [-0.25, -0.2) is 4.99 Å². The van der Waals surface area contributed by atoms with Crippen molar-refractivity contribution in [2.45, 2.75) is 19.0 Å². The number of aromatic nitrogens is 1. The van der Waals surface area contributed by atoms with Gasteiger partial charge in [0.2, 0.25) is 5.91 Å². The molecular formula is C15H20N6O2. The number of rotatable bonds is 3. The Morgan fingerprint density at radius 1 is 1.48 bits per heavy atom. The number of primary amides is 1. The van der Waals surface area contributed by atoms with Gasteiger partial charge in [-0.1, -0.05) is 0 Å². The highest BCUT2D eigenvalue weighted by molar-refractivity contribution is 6.09. The topological polar surface area (TPSA) is 110 Å². The fourth-order valence-corrected chi connectivity index (χ4v) is 2.78. The van der Waals surface area contributed by atoms with Crippen LogP contribution in [-0.4, -0.2) is 53.5 Å². The van der Waals surface area contributed by atoms with Gasteiger partial charge in [-0.15, -0.1) is 0 Å². The van der Waals surface area contributed by atoms with Crippen molar-refractivity contribution in [1.82, 2.24) is 9.88 Å². The molecule has 1 fully saturated rings. The molecule has 2 aliphatic heterocycles. The molecule has 1 amide bonds. The van der Waals surface area contributed by atoms with Crippen molar-refractivity contribution in [3.63, 3.8) is 0 Å². The smallest absolute Gasteiger partial charge is 0.248 e. The Bertz CT molecular complexity index is 645. The quantitative estimate of drug-likeness (QED) is 0.787. The molecular weight excluding hydrogens is 296 g/mol. The second-order valence-corrected chi connectivity index (χ2v) is 5.56. The molecule has 1 aromatic heterocycles. The van der Waals surface area contributed by atoms with Crippen LogP contribution in [0.3, 0.4) is 0 Å². The number of aliphatic imine (C=N–C) groups is 1. The number of amidine groups is 1. The lowest BCUT2D eigenvalue weighted by atomic mass is 10.1. The number of anilines is 1. The standard InChI is InChI=1S/C15H20N6O2/c1-10-9-23-6-5-20(10)12-8-21(11-3-2-4-18-7-11)13(15(17)22)14(16)19-12/h2-4,7-8,10,13H,5-6,9H2,1H3,(H2,16,19)(H2,17,22). The summed E-state index contributed by atoms with van der Waals surface area (Å²) >= 11 is 0. The van der Waals surface area contributed by atoms with Crippen molar-refractivity contribution in [2.75, 3.05) is 24.7 Å². The minimum absolute atomic E-state index is 0.174. The fraction of sp³-hybridized carbons (Fsp3) is 0.400. The lowest BCUT2D eigenvalue weighted by Gasteiger charge is -2.39. The summed E-state index contributed by atoms with van der Waals surface area (Å²) in [4.78, 5) is 24.1. The third-order valence-electron chi connectivity index (χ3n) is 3.93. The number of hydrogen-bond donors (Lipinski definition) is 2. The predicted molar refractivity (Wildman–Crippen MR) is 86.4 cm³/mol. The molecule has 2 atom stereocenters. The van der Waals surface area contributed by atoms with Crippen molar-refractivity contribution < 1.29 is 9.53 Å². The van der Waals surface area contributed by atoms with Gasteiger partial charge in [-0.05, 0) is 19.1 Å². The molecule has 1 saturated heterocycles. The monoisotopic (exact) mass is 316 g/mol. The van der Waals surface area contributed by atoms with E-state index in [1.807, 2.05) is 6.07 Å². The molecule has 3 rings (SSSR count). The van der Waals surface area contributed by atoms with E-state index in [9.17, 15) is 4.79 Å². The highest BCUT2D eigenvalue weighted by atomic mass is 16.5. The molecule has 0 spiro atoms. The van der Waals surface area contributed by atoms with Crippen LogP contribution in [0.5, 0.6) is 0 Å². The molecule has 0 bridgehead atoms. The first kappa shape index (κ1) is 15.3. The van der Waals surface area contributed by atoms with Gasteiger partial charge in [0.1, 0.15) is 11.7 Å². The number of nitrogens with zero attached hydrogens (tertiary/aromatic N) is 4. The lowest BCUT2D eigenvalue weighted by molar-refractivity contribution is -0.117. The summed E-state index contributed by atoms with van der Waals surface area (Å²) in [5.74, 6) is 0.317. The second-order valence-electron chi connectivity index (χ2n) is 5.56. The number of amides is 1. The van der Waals surface area contributed by atoms with Crippen LogP contribution in [-0.2, 0) is 9.53 Å². The molecule has 2 aliphatic rings. The van der Waals surface area contributed by atoms with Crippen molar-refractivity contribution in [3.05, 3.63) is 36.5 Å². The van der Waals surface area contributed by atoms with Crippen LogP contribution < -0.4 is 16.4 Å². The third kappa shape index (κ3) is 2.98. The summed E-state index contributed by atoms with van der Waals surface area (Å²) in [6.07, 6.45) is 5.12. The number of carbonyl (C=O) groups excluding carboxylic acids is 1. The first-order chi connectivity index (χ1) is 11.1. The summed E-state index contributed by atoms with van der Waals surface area (Å²) in [6, 6.07) is 2.99. The molecule has 0 aliphatic carbocycles. The molecule has 8 nitrogen and oxygen atoms in total. The van der Waals surface area contributed by atoms with Gasteiger partial charge in [0, 0.05) is 18.9 Å². The van der Waals surface area contributed by atoms with Crippen molar-refractivity contribution in [2.24, 2.45) is 16.5 Å². The molecule has 0 radical (unpaired) electrons. The third-order valence-corrected chi connectivity index (χ3v) is 3.93. The van der Waals surface area contributed by atoms with E-state index in [0.717, 1.165) is 5.69 Å². The zero-order valence-electron chi connectivity index (χ0n) is 12.9. The molecule has 4 N–H and O–H groups in total. The molecule has 8 heteroatoms. The van der Waals surface area contributed by atoms with E-state index in [2.05, 4.69) is 21.8 Å². The largest absolute Gasteiger partial charge is 0.385 e. The number of morpholine rings is 1. The van der Waals surface area contributed by atoms with Crippen molar-refractivity contribution in [1.29, 1.82) is 0 Å². The van der Waals surface area contributed by atoms with Crippen molar-refractivity contribution in [3.8, 4) is 0 Å². The maximum atomic E-state index is 11.8. The van der Waals surface area contributed by atoms with Crippen LogP contribution in [0, 0.1) is 0 Å². The van der Waals surface area contributed by atoms with Gasteiger partial charge < -0.3 is 26.0 Å². The van der Waals surface area contributed by atoms with E-state index in [1.54, 1.807) is 29.6 Å². The fourth-order valence-electron chi connectivity index (χ4n) is 2.78. The summed E-state index contributed by atoms with van der Waals surface area (Å²) in [5.41, 5.74) is 12.3. The summed E-state index contributed by atoms with van der Waals surface area (Å²) in [7, 11) is 0. The Balaban J connectivity index is 1.99. The number of ether oxygens (including phenoxy) is 1. The van der Waals surface area contributed by atoms with E-state index in [4.69, 9.17) is 16.2 Å². The summed E-state index contributed by atoms with van der Waals surface area (Å²) < 4.78 is 5.45. The van der Waals surface area contributed by atoms with Crippen LogP contribution in [0.2, 0.25) is 0 Å². The normalized spacial score (nSPS) is 24.9. The van der Waals surface area contributed by atoms with E-state index >= 15 is 0 Å². The summed E-state index contributed by atoms with van der Waals surface area (Å²) in [5, 5.41) is 0. The predicted octanol–water partition coefficient (Wildman–Crippen LogP) is -0.368. The van der Waals surface area contributed by atoms with Crippen LogP contribution >= 0.6 is 0 Å². The minimum atomic E-state index is -0.820. The Morgan fingerprint density at radius 3 is 2.96 bits per heavy atom. The minimum Gasteiger partial charge on any atom is -0.385 e. The average Bonchev–Trinajstić information content (AvgIpc) is 2.55. The average molecular weight is 316 g/mol. The molecule has 122 valence electrons. The lowest BCUT2D eigenvalue weighted by Crippen LogP contribution is -2.54. The number of carbonyl (C=O) groups is 1. The van der Waals surface area contributed by atoms with Gasteiger partial charge in [0.15, 0.2) is 6.04 Å². The van der Waals surface area contributed by atoms with Crippen LogP contribution in [0.15, 0.2) is 41.5 Å². The molecule has 23 heavy (non-hydrogen) atoms. The first-order valence-corrected chi connectivity index (χ1v) is 7.46. The first-order valence-electron chi connectivity index (χ1n) is 7.46. The molecule has 0 aromatic carbocycles. The van der Waals surface area contributed by atoms with Gasteiger partial charge >= 0.3 is 0 Å². The van der Waals surface area contributed by atoms with Gasteiger partial charge in [0.25, 0.3) is 0 Å². The Morgan fingerprint density at radius 2 is 2.30 bits per heavy atom. The van der Waals surface area contributed by atoms with E-state index < -0.39 is 11.9 Å². The van der Waals surface area contributed by atoms with Gasteiger partial charge in [0.05, 0.1) is 31.1 Å². The van der Waals surface area contributed by atoms with Crippen LogP contribution in [0.25, 0.3) is 0 Å². The Hall–Kier alpha value is -2.61. The highest BCUT2D eigenvalue weighted by Crippen LogP contribution is 2.25. The van der Waals surface area contributed by atoms with E-state index in [-0.39, 0.29) is 11.9 Å².